The molecule has 0 aliphatic rings. The van der Waals surface area contributed by atoms with E-state index >= 15 is 0 Å². The maximum atomic E-state index is 12.6. The van der Waals surface area contributed by atoms with Crippen LogP contribution in [0.2, 0.25) is 0 Å². The lowest BCUT2D eigenvalue weighted by molar-refractivity contribution is -0.566. The lowest BCUT2D eigenvalue weighted by atomic mass is 9.75. The standard InChI is InChI=1S/C19H17NO4/c1-4-17(15-12-10-14(2)11-13-15)19(20(22)23,18(21)24-3)16-8-6-5-7-9-16/h1,5-13,17H,2-3H3/t17?,19-/m1/s1. The Morgan fingerprint density at radius 3 is 2.25 bits per heavy atom. The van der Waals surface area contributed by atoms with Gasteiger partial charge in [0.05, 0.1) is 7.11 Å². The van der Waals surface area contributed by atoms with E-state index in [-0.39, 0.29) is 5.56 Å². The number of nitro groups is 1. The van der Waals surface area contributed by atoms with Gasteiger partial charge in [0.25, 0.3) is 0 Å². The predicted octanol–water partition coefficient (Wildman–Crippen LogP) is 3.06. The van der Waals surface area contributed by atoms with Crippen molar-refractivity contribution in [1.82, 2.24) is 0 Å². The molecule has 2 rings (SSSR count). The van der Waals surface area contributed by atoms with Crippen molar-refractivity contribution < 1.29 is 14.5 Å². The number of carbonyl (C=O) groups is 1. The number of terminal acetylenes is 1. The third-order valence-corrected chi connectivity index (χ3v) is 3.99. The maximum absolute atomic E-state index is 12.6. The fourth-order valence-electron chi connectivity index (χ4n) is 2.75. The molecule has 24 heavy (non-hydrogen) atoms. The van der Waals surface area contributed by atoms with Gasteiger partial charge < -0.3 is 4.74 Å². The molecule has 5 nitrogen and oxygen atoms in total. The molecule has 0 aromatic heterocycles. The van der Waals surface area contributed by atoms with Crippen LogP contribution in [-0.2, 0) is 15.1 Å². The number of esters is 1. The third-order valence-electron chi connectivity index (χ3n) is 3.99. The molecule has 0 heterocycles. The van der Waals surface area contributed by atoms with E-state index in [2.05, 4.69) is 5.92 Å². The smallest absolute Gasteiger partial charge is 0.391 e. The summed E-state index contributed by atoms with van der Waals surface area (Å²) >= 11 is 0. The van der Waals surface area contributed by atoms with Crippen LogP contribution in [0.25, 0.3) is 0 Å². The quantitative estimate of drug-likeness (QED) is 0.367. The zero-order valence-corrected chi connectivity index (χ0v) is 13.4. The van der Waals surface area contributed by atoms with Gasteiger partial charge >= 0.3 is 11.5 Å². The Morgan fingerprint density at radius 2 is 1.79 bits per heavy atom. The van der Waals surface area contributed by atoms with Gasteiger partial charge in [-0.25, -0.2) is 4.79 Å². The highest BCUT2D eigenvalue weighted by molar-refractivity contribution is 5.83. The number of ether oxygens (including phenoxy) is 1. The van der Waals surface area contributed by atoms with Crippen molar-refractivity contribution in [1.29, 1.82) is 0 Å². The maximum Gasteiger partial charge on any atom is 0.391 e. The highest BCUT2D eigenvalue weighted by Crippen LogP contribution is 2.40. The molecule has 0 fully saturated rings. The summed E-state index contributed by atoms with van der Waals surface area (Å²) in [6.45, 7) is 1.90. The van der Waals surface area contributed by atoms with E-state index in [9.17, 15) is 14.9 Å². The Bertz CT molecular complexity index is 777. The highest BCUT2D eigenvalue weighted by Gasteiger charge is 2.60. The van der Waals surface area contributed by atoms with Gasteiger partial charge in [-0.2, -0.15) is 0 Å². The topological polar surface area (TPSA) is 69.4 Å². The number of nitrogens with zero attached hydrogens (tertiary/aromatic N) is 1. The molecule has 0 radical (unpaired) electrons. The van der Waals surface area contributed by atoms with Gasteiger partial charge in [0, 0.05) is 10.5 Å². The fraction of sp³-hybridized carbons (Fsp3) is 0.211. The summed E-state index contributed by atoms with van der Waals surface area (Å²) in [5.74, 6) is 0.325. The van der Waals surface area contributed by atoms with Crippen molar-refractivity contribution >= 4 is 5.97 Å². The Balaban J connectivity index is 2.77. The van der Waals surface area contributed by atoms with E-state index in [1.165, 1.54) is 12.1 Å². The van der Waals surface area contributed by atoms with E-state index < -0.39 is 22.3 Å². The molecular weight excluding hydrogens is 306 g/mol. The van der Waals surface area contributed by atoms with E-state index in [0.717, 1.165) is 12.7 Å². The molecule has 2 aromatic carbocycles. The Hall–Kier alpha value is -3.13. The first-order chi connectivity index (χ1) is 11.5. The van der Waals surface area contributed by atoms with Crippen LogP contribution in [-0.4, -0.2) is 18.0 Å². The van der Waals surface area contributed by atoms with Gasteiger partial charge in [0.1, 0.15) is 5.92 Å². The molecule has 1 unspecified atom stereocenters. The van der Waals surface area contributed by atoms with E-state index in [0.29, 0.717) is 5.56 Å². The van der Waals surface area contributed by atoms with Crippen LogP contribution in [0, 0.1) is 29.4 Å². The zero-order chi connectivity index (χ0) is 17.7. The van der Waals surface area contributed by atoms with Crippen molar-refractivity contribution in [3.05, 3.63) is 81.4 Å². The van der Waals surface area contributed by atoms with Crippen LogP contribution < -0.4 is 0 Å². The van der Waals surface area contributed by atoms with Crippen LogP contribution in [0.1, 0.15) is 22.6 Å². The molecule has 5 heteroatoms. The largest absolute Gasteiger partial charge is 0.463 e. The molecule has 2 aromatic rings. The molecule has 0 bridgehead atoms. The van der Waals surface area contributed by atoms with Crippen molar-refractivity contribution in [2.75, 3.05) is 7.11 Å². The number of methoxy groups -OCH3 is 1. The van der Waals surface area contributed by atoms with Gasteiger partial charge in [-0.15, -0.1) is 6.42 Å². The normalized spacial score (nSPS) is 14.0. The van der Waals surface area contributed by atoms with Crippen LogP contribution in [0.4, 0.5) is 0 Å². The first-order valence-corrected chi connectivity index (χ1v) is 7.29. The van der Waals surface area contributed by atoms with E-state index in [1.54, 1.807) is 42.5 Å². The number of rotatable bonds is 5. The second-order valence-electron chi connectivity index (χ2n) is 5.39. The molecule has 0 aliphatic heterocycles. The Kier molecular flexibility index (Phi) is 5.00. The first kappa shape index (κ1) is 17.2. The molecule has 0 spiro atoms. The van der Waals surface area contributed by atoms with Crippen molar-refractivity contribution in [2.24, 2.45) is 0 Å². The van der Waals surface area contributed by atoms with Crippen molar-refractivity contribution in [3.63, 3.8) is 0 Å². The SMILES string of the molecule is C#CC(c1ccc(C)cc1)[C@@](C(=O)OC)(c1ccccc1)[N+](=O)[O-]. The van der Waals surface area contributed by atoms with Crippen molar-refractivity contribution in [3.8, 4) is 12.3 Å². The highest BCUT2D eigenvalue weighted by atomic mass is 16.6. The molecule has 0 aliphatic carbocycles. The monoisotopic (exact) mass is 323 g/mol. The molecule has 122 valence electrons. The van der Waals surface area contributed by atoms with Gasteiger partial charge in [-0.05, 0) is 12.5 Å². The third kappa shape index (κ3) is 2.74. The van der Waals surface area contributed by atoms with Gasteiger partial charge in [0.2, 0.25) is 0 Å². The molecule has 0 saturated carbocycles. The van der Waals surface area contributed by atoms with Crippen LogP contribution >= 0.6 is 0 Å². The minimum Gasteiger partial charge on any atom is -0.463 e. The van der Waals surface area contributed by atoms with Crippen LogP contribution in [0.5, 0.6) is 0 Å². The molecule has 0 N–H and O–H groups in total. The lowest BCUT2D eigenvalue weighted by Crippen LogP contribution is -2.49. The number of benzene rings is 2. The lowest BCUT2D eigenvalue weighted by Gasteiger charge is -2.28. The van der Waals surface area contributed by atoms with E-state index in [1.807, 2.05) is 6.92 Å². The first-order valence-electron chi connectivity index (χ1n) is 7.29. The van der Waals surface area contributed by atoms with Crippen molar-refractivity contribution in [2.45, 2.75) is 18.4 Å². The minimum absolute atomic E-state index is 0.186. The van der Waals surface area contributed by atoms with Crippen LogP contribution in [0.15, 0.2) is 54.6 Å². The second kappa shape index (κ2) is 6.97. The predicted molar refractivity (Wildman–Crippen MR) is 89.9 cm³/mol. The zero-order valence-electron chi connectivity index (χ0n) is 13.4. The van der Waals surface area contributed by atoms with Crippen LogP contribution in [0.3, 0.4) is 0 Å². The van der Waals surface area contributed by atoms with Gasteiger partial charge in [-0.1, -0.05) is 66.1 Å². The number of carbonyl (C=O) groups excluding carboxylic acids is 1. The average molecular weight is 323 g/mol. The summed E-state index contributed by atoms with van der Waals surface area (Å²) < 4.78 is 4.78. The number of hydrogen-bond donors (Lipinski definition) is 0. The molecule has 0 saturated heterocycles. The number of hydrogen-bond acceptors (Lipinski definition) is 4. The number of aryl methyl sites for hydroxylation is 1. The van der Waals surface area contributed by atoms with E-state index in [4.69, 9.17) is 11.2 Å². The summed E-state index contributed by atoms with van der Waals surface area (Å²) in [6.07, 6.45) is 5.63. The summed E-state index contributed by atoms with van der Waals surface area (Å²) in [7, 11) is 1.12. The molecule has 0 amide bonds. The second-order valence-corrected chi connectivity index (χ2v) is 5.39. The summed E-state index contributed by atoms with van der Waals surface area (Å²) in [5.41, 5.74) is -0.529. The molecule has 2 atom stereocenters. The Morgan fingerprint density at radius 1 is 1.21 bits per heavy atom. The molecular formula is C19H17NO4. The minimum atomic E-state index is -2.21. The van der Waals surface area contributed by atoms with Gasteiger partial charge in [0.15, 0.2) is 0 Å². The summed E-state index contributed by atoms with van der Waals surface area (Å²) in [5, 5.41) is 12.1. The fourth-order valence-corrected chi connectivity index (χ4v) is 2.75. The average Bonchev–Trinajstić information content (AvgIpc) is 2.60. The van der Waals surface area contributed by atoms with Gasteiger partial charge in [-0.3, -0.25) is 10.1 Å². The Labute approximate surface area is 140 Å². The summed E-state index contributed by atoms with van der Waals surface area (Å²) in [6, 6.07) is 15.0. The summed E-state index contributed by atoms with van der Waals surface area (Å²) in [4.78, 5) is 24.0.